The van der Waals surface area contributed by atoms with Gasteiger partial charge in [0.15, 0.2) is 12.8 Å². The molecule has 1 amide bonds. The highest BCUT2D eigenvalue weighted by molar-refractivity contribution is 6.03. The third kappa shape index (κ3) is 2.34. The number of rotatable bonds is 4. The topological polar surface area (TPSA) is 72.4 Å². The lowest BCUT2D eigenvalue weighted by molar-refractivity contribution is -0.145. The quantitative estimate of drug-likeness (QED) is 0.740. The number of carbonyl (C=O) groups excluding carboxylic acids is 1. The van der Waals surface area contributed by atoms with Crippen LogP contribution in [0.5, 0.6) is 0 Å². The summed E-state index contributed by atoms with van der Waals surface area (Å²) in [5.41, 5.74) is 0.212. The first-order chi connectivity index (χ1) is 10.6. The van der Waals surface area contributed by atoms with Crippen LogP contribution in [0.2, 0.25) is 0 Å². The lowest BCUT2D eigenvalue weighted by Gasteiger charge is -2.23. The zero-order valence-electron chi connectivity index (χ0n) is 11.0. The summed E-state index contributed by atoms with van der Waals surface area (Å²) in [6, 6.07) is 7.91. The molecule has 3 rings (SSSR count). The Labute approximate surface area is 123 Å². The number of oxazole rings is 2. The van der Waals surface area contributed by atoms with E-state index < -0.39 is 17.6 Å². The molecule has 0 atom stereocenters. The highest BCUT2D eigenvalue weighted by atomic mass is 19.3. The van der Waals surface area contributed by atoms with Crippen LogP contribution in [0.4, 0.5) is 20.4 Å². The molecular formula is C14H9F2N3O3. The first-order valence-electron chi connectivity index (χ1n) is 6.15. The van der Waals surface area contributed by atoms with Gasteiger partial charge in [0.25, 0.3) is 0 Å². The summed E-state index contributed by atoms with van der Waals surface area (Å²) in [6.45, 7) is 0. The fourth-order valence-electron chi connectivity index (χ4n) is 1.86. The number of halogens is 2. The molecule has 0 N–H and O–H groups in total. The van der Waals surface area contributed by atoms with Crippen molar-refractivity contribution in [1.29, 1.82) is 0 Å². The molecule has 22 heavy (non-hydrogen) atoms. The Balaban J connectivity index is 2.05. The van der Waals surface area contributed by atoms with Crippen LogP contribution in [0, 0.1) is 0 Å². The van der Waals surface area contributed by atoms with Crippen LogP contribution in [0.15, 0.2) is 64.3 Å². The van der Waals surface area contributed by atoms with Crippen molar-refractivity contribution in [2.24, 2.45) is 0 Å². The smallest absolute Gasteiger partial charge is 0.383 e. The van der Waals surface area contributed by atoms with Gasteiger partial charge < -0.3 is 8.83 Å². The molecule has 0 aliphatic carbocycles. The second-order valence-corrected chi connectivity index (χ2v) is 4.26. The minimum Gasteiger partial charge on any atom is -0.442 e. The van der Waals surface area contributed by atoms with Crippen molar-refractivity contribution in [3.05, 3.63) is 61.3 Å². The standard InChI is InChI=1S/C14H9F2N3O3/c15-14(16,11-6-17-8-21-11)13(20)19(12-7-18-9-22-12)10-4-2-1-3-5-10/h1-9H. The van der Waals surface area contributed by atoms with E-state index >= 15 is 0 Å². The number of hydrogen-bond acceptors (Lipinski definition) is 5. The number of anilines is 2. The van der Waals surface area contributed by atoms with E-state index in [1.807, 2.05) is 0 Å². The third-order valence-electron chi connectivity index (χ3n) is 2.87. The van der Waals surface area contributed by atoms with Crippen LogP contribution >= 0.6 is 0 Å². The van der Waals surface area contributed by atoms with E-state index in [1.54, 1.807) is 18.2 Å². The van der Waals surface area contributed by atoms with E-state index in [0.717, 1.165) is 23.9 Å². The number of aromatic nitrogens is 2. The molecule has 0 bridgehead atoms. The molecule has 0 aliphatic rings. The molecular weight excluding hydrogens is 296 g/mol. The molecule has 2 aromatic heterocycles. The third-order valence-corrected chi connectivity index (χ3v) is 2.87. The van der Waals surface area contributed by atoms with Crippen LogP contribution < -0.4 is 4.90 Å². The highest BCUT2D eigenvalue weighted by Crippen LogP contribution is 2.35. The van der Waals surface area contributed by atoms with Crippen LogP contribution in [-0.4, -0.2) is 15.9 Å². The first-order valence-corrected chi connectivity index (χ1v) is 6.15. The van der Waals surface area contributed by atoms with Crippen LogP contribution in [0.3, 0.4) is 0 Å². The van der Waals surface area contributed by atoms with Crippen molar-refractivity contribution in [3.8, 4) is 0 Å². The van der Waals surface area contributed by atoms with Gasteiger partial charge in [0, 0.05) is 0 Å². The van der Waals surface area contributed by atoms with Gasteiger partial charge in [0.2, 0.25) is 11.6 Å². The van der Waals surface area contributed by atoms with Gasteiger partial charge in [-0.05, 0) is 12.1 Å². The predicted molar refractivity (Wildman–Crippen MR) is 70.5 cm³/mol. The molecule has 0 saturated carbocycles. The molecule has 8 heteroatoms. The number of carbonyl (C=O) groups is 1. The van der Waals surface area contributed by atoms with Gasteiger partial charge in [-0.2, -0.15) is 8.78 Å². The summed E-state index contributed by atoms with van der Waals surface area (Å²) in [4.78, 5) is 20.2. The number of nitrogens with zero attached hydrogens (tertiary/aromatic N) is 3. The van der Waals surface area contributed by atoms with E-state index in [1.165, 1.54) is 18.3 Å². The summed E-state index contributed by atoms with van der Waals surface area (Å²) < 4.78 is 38.2. The summed E-state index contributed by atoms with van der Waals surface area (Å²) in [6.07, 6.45) is 3.84. The molecule has 0 radical (unpaired) electrons. The average molecular weight is 305 g/mol. The van der Waals surface area contributed by atoms with Crippen molar-refractivity contribution in [3.63, 3.8) is 0 Å². The molecule has 2 heterocycles. The van der Waals surface area contributed by atoms with E-state index in [9.17, 15) is 13.6 Å². The number of alkyl halides is 2. The molecule has 6 nitrogen and oxygen atoms in total. The first kappa shape index (κ1) is 13.9. The SMILES string of the molecule is O=C(N(c1ccccc1)c1cnco1)C(F)(F)c1cnco1. The summed E-state index contributed by atoms with van der Waals surface area (Å²) >= 11 is 0. The molecule has 3 aromatic rings. The van der Waals surface area contributed by atoms with Gasteiger partial charge in [-0.25, -0.2) is 14.9 Å². The Kier molecular flexibility index (Phi) is 3.42. The van der Waals surface area contributed by atoms with Crippen molar-refractivity contribution in [2.75, 3.05) is 4.90 Å². The van der Waals surface area contributed by atoms with Crippen molar-refractivity contribution in [2.45, 2.75) is 5.92 Å². The monoisotopic (exact) mass is 305 g/mol. The van der Waals surface area contributed by atoms with Crippen molar-refractivity contribution in [1.82, 2.24) is 9.97 Å². The molecule has 0 aliphatic heterocycles. The maximum absolute atomic E-state index is 14.3. The van der Waals surface area contributed by atoms with E-state index in [-0.39, 0.29) is 11.6 Å². The normalized spacial score (nSPS) is 11.4. The lowest BCUT2D eigenvalue weighted by atomic mass is 10.2. The molecule has 112 valence electrons. The maximum Gasteiger partial charge on any atom is 0.383 e. The van der Waals surface area contributed by atoms with Crippen LogP contribution in [-0.2, 0) is 10.7 Å². The van der Waals surface area contributed by atoms with E-state index in [2.05, 4.69) is 14.4 Å². The Morgan fingerprint density at radius 3 is 2.32 bits per heavy atom. The molecule has 0 fully saturated rings. The minimum absolute atomic E-state index is 0.129. The number of benzene rings is 1. The summed E-state index contributed by atoms with van der Waals surface area (Å²) in [5, 5.41) is 0. The fourth-order valence-corrected chi connectivity index (χ4v) is 1.86. The molecule has 1 aromatic carbocycles. The van der Waals surface area contributed by atoms with Gasteiger partial charge in [-0.3, -0.25) is 4.79 Å². The number of amides is 1. The lowest BCUT2D eigenvalue weighted by Crippen LogP contribution is -2.39. The fraction of sp³-hybridized carbons (Fsp3) is 0.0714. The number of para-hydroxylation sites is 1. The molecule has 0 spiro atoms. The van der Waals surface area contributed by atoms with Gasteiger partial charge in [0.05, 0.1) is 18.1 Å². The summed E-state index contributed by atoms with van der Waals surface area (Å²) in [5.74, 6) is -6.42. The molecule has 0 saturated heterocycles. The van der Waals surface area contributed by atoms with Gasteiger partial charge in [0.1, 0.15) is 0 Å². The zero-order chi connectivity index (χ0) is 15.6. The van der Waals surface area contributed by atoms with Gasteiger partial charge in [-0.1, -0.05) is 18.2 Å². The van der Waals surface area contributed by atoms with E-state index in [4.69, 9.17) is 4.42 Å². The van der Waals surface area contributed by atoms with Gasteiger partial charge in [-0.15, -0.1) is 0 Å². The van der Waals surface area contributed by atoms with E-state index in [0.29, 0.717) is 0 Å². The zero-order valence-corrected chi connectivity index (χ0v) is 11.0. The van der Waals surface area contributed by atoms with Crippen molar-refractivity contribution < 1.29 is 22.4 Å². The maximum atomic E-state index is 14.3. The Bertz CT molecular complexity index is 743. The Morgan fingerprint density at radius 2 is 1.73 bits per heavy atom. The Hall–Kier alpha value is -3.03. The van der Waals surface area contributed by atoms with Crippen LogP contribution in [0.25, 0.3) is 0 Å². The predicted octanol–water partition coefficient (Wildman–Crippen LogP) is 3.12. The Morgan fingerprint density at radius 1 is 1.05 bits per heavy atom. The number of hydrogen-bond donors (Lipinski definition) is 0. The largest absolute Gasteiger partial charge is 0.442 e. The summed E-state index contributed by atoms with van der Waals surface area (Å²) in [7, 11) is 0. The highest BCUT2D eigenvalue weighted by Gasteiger charge is 2.48. The molecule has 0 unspecified atom stereocenters. The minimum atomic E-state index is -3.90. The second kappa shape index (κ2) is 5.40. The average Bonchev–Trinajstić information content (AvgIpc) is 3.22. The van der Waals surface area contributed by atoms with Crippen LogP contribution in [0.1, 0.15) is 5.76 Å². The second-order valence-electron chi connectivity index (χ2n) is 4.26. The van der Waals surface area contributed by atoms with Crippen molar-refractivity contribution >= 4 is 17.5 Å². The van der Waals surface area contributed by atoms with Gasteiger partial charge >= 0.3 is 11.8 Å².